The molecule has 8 heteroatoms. The van der Waals surface area contributed by atoms with Gasteiger partial charge in [-0.15, -0.1) is 35.3 Å². The fourth-order valence-corrected chi connectivity index (χ4v) is 4.46. The van der Waals surface area contributed by atoms with Gasteiger partial charge in [-0.1, -0.05) is 6.07 Å². The highest BCUT2D eigenvalue weighted by atomic mass is 127. The van der Waals surface area contributed by atoms with Gasteiger partial charge in [0, 0.05) is 37.5 Å². The summed E-state index contributed by atoms with van der Waals surface area (Å²) in [7, 11) is 0. The maximum absolute atomic E-state index is 6.12. The smallest absolute Gasteiger partial charge is 0.194 e. The van der Waals surface area contributed by atoms with Crippen LogP contribution in [0.25, 0.3) is 0 Å². The van der Waals surface area contributed by atoms with Crippen LogP contribution >= 0.6 is 35.3 Å². The van der Waals surface area contributed by atoms with E-state index in [0.717, 1.165) is 76.8 Å². The summed E-state index contributed by atoms with van der Waals surface area (Å²) in [5, 5.41) is 5.64. The van der Waals surface area contributed by atoms with Crippen LogP contribution in [0.15, 0.2) is 45.3 Å². The maximum atomic E-state index is 6.12. The molecule has 1 N–H and O–H groups in total. The van der Waals surface area contributed by atoms with Gasteiger partial charge in [0.2, 0.25) is 0 Å². The molecule has 4 rings (SSSR count). The molecular formula is C22H32IN3O3S. The number of likely N-dealkylation sites (tertiary alicyclic amines) is 1. The molecule has 2 aromatic heterocycles. The van der Waals surface area contributed by atoms with Crippen molar-refractivity contribution in [2.24, 2.45) is 4.99 Å². The van der Waals surface area contributed by atoms with E-state index in [4.69, 9.17) is 18.9 Å². The molecule has 0 saturated carbocycles. The summed E-state index contributed by atoms with van der Waals surface area (Å²) >= 11 is 1.75. The fourth-order valence-electron chi connectivity index (χ4n) is 3.83. The first-order valence-corrected chi connectivity index (χ1v) is 11.6. The second kappa shape index (κ2) is 12.7. The number of halogens is 1. The van der Waals surface area contributed by atoms with E-state index in [1.165, 1.54) is 11.3 Å². The van der Waals surface area contributed by atoms with Crippen molar-refractivity contribution in [3.8, 4) is 0 Å². The van der Waals surface area contributed by atoms with Gasteiger partial charge in [0.05, 0.1) is 31.6 Å². The monoisotopic (exact) mass is 545 g/mol. The molecule has 0 radical (unpaired) electrons. The minimum atomic E-state index is 0. The van der Waals surface area contributed by atoms with Gasteiger partial charge in [-0.3, -0.25) is 0 Å². The third kappa shape index (κ3) is 7.25. The van der Waals surface area contributed by atoms with Crippen molar-refractivity contribution in [2.45, 2.75) is 50.9 Å². The van der Waals surface area contributed by atoms with Crippen LogP contribution < -0.4 is 5.32 Å². The SMILES string of the molecule is I.c1coc(CCNC(=NCc2cccs2)N2CCC(OCC3CCCO3)CC2)c1. The van der Waals surface area contributed by atoms with E-state index in [0.29, 0.717) is 12.2 Å². The summed E-state index contributed by atoms with van der Waals surface area (Å²) < 4.78 is 17.2. The summed E-state index contributed by atoms with van der Waals surface area (Å²) in [5.41, 5.74) is 0. The van der Waals surface area contributed by atoms with Gasteiger partial charge in [-0.05, 0) is 49.3 Å². The zero-order chi connectivity index (χ0) is 19.7. The van der Waals surface area contributed by atoms with Crippen LogP contribution in [0.5, 0.6) is 0 Å². The lowest BCUT2D eigenvalue weighted by Crippen LogP contribution is -2.47. The average molecular weight is 545 g/mol. The average Bonchev–Trinajstić information content (AvgIpc) is 3.53. The van der Waals surface area contributed by atoms with E-state index in [9.17, 15) is 0 Å². The van der Waals surface area contributed by atoms with E-state index in [1.807, 2.05) is 12.1 Å². The molecule has 0 aromatic carbocycles. The molecule has 0 amide bonds. The van der Waals surface area contributed by atoms with Gasteiger partial charge in [0.1, 0.15) is 5.76 Å². The lowest BCUT2D eigenvalue weighted by Gasteiger charge is -2.34. The molecular weight excluding hydrogens is 513 g/mol. The Morgan fingerprint density at radius 1 is 1.23 bits per heavy atom. The number of nitrogens with zero attached hydrogens (tertiary/aromatic N) is 2. The van der Waals surface area contributed by atoms with Crippen LogP contribution in [0.4, 0.5) is 0 Å². The van der Waals surface area contributed by atoms with Crippen molar-refractivity contribution < 1.29 is 13.9 Å². The molecule has 166 valence electrons. The molecule has 1 unspecified atom stereocenters. The molecule has 1 atom stereocenters. The highest BCUT2D eigenvalue weighted by molar-refractivity contribution is 14.0. The number of aliphatic imine (C=N–C) groups is 1. The fraction of sp³-hybridized carbons (Fsp3) is 0.591. The molecule has 2 aromatic rings. The van der Waals surface area contributed by atoms with Crippen LogP contribution in [0.2, 0.25) is 0 Å². The topological polar surface area (TPSA) is 59.2 Å². The van der Waals surface area contributed by atoms with Crippen LogP contribution in [0.1, 0.15) is 36.3 Å². The van der Waals surface area contributed by atoms with E-state index in [2.05, 4.69) is 27.7 Å². The van der Waals surface area contributed by atoms with Crippen molar-refractivity contribution in [1.82, 2.24) is 10.2 Å². The number of furan rings is 1. The van der Waals surface area contributed by atoms with Crippen molar-refractivity contribution in [3.63, 3.8) is 0 Å². The maximum Gasteiger partial charge on any atom is 0.194 e. The summed E-state index contributed by atoms with van der Waals surface area (Å²) in [5.74, 6) is 1.99. The number of hydrogen-bond donors (Lipinski definition) is 1. The molecule has 2 saturated heterocycles. The minimum Gasteiger partial charge on any atom is -0.469 e. The normalized spacial score (nSPS) is 20.3. The van der Waals surface area contributed by atoms with E-state index < -0.39 is 0 Å². The number of hydrogen-bond acceptors (Lipinski definition) is 5. The van der Waals surface area contributed by atoms with E-state index >= 15 is 0 Å². The van der Waals surface area contributed by atoms with Gasteiger partial charge in [0.15, 0.2) is 5.96 Å². The van der Waals surface area contributed by atoms with Gasteiger partial charge >= 0.3 is 0 Å². The van der Waals surface area contributed by atoms with Gasteiger partial charge in [-0.25, -0.2) is 4.99 Å². The van der Waals surface area contributed by atoms with Crippen LogP contribution in [0.3, 0.4) is 0 Å². The standard InChI is InChI=1S/C22H31N3O3S.HI/c1-4-18(26-13-1)7-10-23-22(24-16-21-6-3-15-29-21)25-11-8-19(9-12-25)28-17-20-5-2-14-27-20;/h1,3-4,6,13,15,19-20H,2,5,7-12,14,16-17H2,(H,23,24);1H. The van der Waals surface area contributed by atoms with E-state index in [1.54, 1.807) is 17.6 Å². The highest BCUT2D eigenvalue weighted by Crippen LogP contribution is 2.18. The van der Waals surface area contributed by atoms with Crippen molar-refractivity contribution in [1.29, 1.82) is 0 Å². The predicted octanol–water partition coefficient (Wildman–Crippen LogP) is 4.31. The Morgan fingerprint density at radius 3 is 2.83 bits per heavy atom. The predicted molar refractivity (Wildman–Crippen MR) is 131 cm³/mol. The summed E-state index contributed by atoms with van der Waals surface area (Å²) in [6, 6.07) is 8.17. The molecule has 0 bridgehead atoms. The second-order valence-corrected chi connectivity index (χ2v) is 8.66. The Bertz CT molecular complexity index is 725. The first-order chi connectivity index (χ1) is 14.4. The number of piperidine rings is 1. The lowest BCUT2D eigenvalue weighted by molar-refractivity contribution is -0.0367. The number of rotatable bonds is 8. The zero-order valence-electron chi connectivity index (χ0n) is 17.3. The molecule has 6 nitrogen and oxygen atoms in total. The largest absolute Gasteiger partial charge is 0.469 e. The number of guanidine groups is 1. The summed E-state index contributed by atoms with van der Waals surface area (Å²) in [4.78, 5) is 8.54. The Hall–Kier alpha value is -1.10. The van der Waals surface area contributed by atoms with Gasteiger partial charge in [-0.2, -0.15) is 0 Å². The van der Waals surface area contributed by atoms with Crippen LogP contribution in [-0.2, 0) is 22.4 Å². The minimum absolute atomic E-state index is 0. The van der Waals surface area contributed by atoms with Crippen LogP contribution in [-0.4, -0.2) is 55.9 Å². The number of thiophene rings is 1. The van der Waals surface area contributed by atoms with Gasteiger partial charge < -0.3 is 24.1 Å². The van der Waals surface area contributed by atoms with E-state index in [-0.39, 0.29) is 24.0 Å². The Kier molecular flexibility index (Phi) is 9.96. The second-order valence-electron chi connectivity index (χ2n) is 7.63. The van der Waals surface area contributed by atoms with Gasteiger partial charge in [0.25, 0.3) is 0 Å². The summed E-state index contributed by atoms with van der Waals surface area (Å²) in [6.07, 6.45) is 7.58. The number of ether oxygens (including phenoxy) is 2. The Morgan fingerprint density at radius 2 is 2.13 bits per heavy atom. The first-order valence-electron chi connectivity index (χ1n) is 10.7. The Labute approximate surface area is 200 Å². The number of nitrogens with one attached hydrogen (secondary N) is 1. The molecule has 2 fully saturated rings. The molecule has 2 aliphatic rings. The van der Waals surface area contributed by atoms with Crippen molar-refractivity contribution >= 4 is 41.3 Å². The zero-order valence-corrected chi connectivity index (χ0v) is 20.5. The van der Waals surface area contributed by atoms with Crippen molar-refractivity contribution in [2.75, 3.05) is 32.8 Å². The summed E-state index contributed by atoms with van der Waals surface area (Å²) in [6.45, 7) is 5.09. The Balaban J connectivity index is 0.00000256. The highest BCUT2D eigenvalue weighted by Gasteiger charge is 2.24. The van der Waals surface area contributed by atoms with Crippen LogP contribution in [0, 0.1) is 0 Å². The third-order valence-corrected chi connectivity index (χ3v) is 6.34. The third-order valence-electron chi connectivity index (χ3n) is 5.48. The molecule has 0 aliphatic carbocycles. The van der Waals surface area contributed by atoms with Crippen molar-refractivity contribution in [3.05, 3.63) is 46.5 Å². The quantitative estimate of drug-likeness (QED) is 0.305. The molecule has 4 heterocycles. The molecule has 2 aliphatic heterocycles. The molecule has 0 spiro atoms. The first kappa shape index (κ1) is 23.6. The molecule has 30 heavy (non-hydrogen) atoms. The lowest BCUT2D eigenvalue weighted by atomic mass is 10.1.